The maximum absolute atomic E-state index is 5.96. The van der Waals surface area contributed by atoms with E-state index in [0.717, 1.165) is 18.4 Å². The molecule has 2 heteroatoms. The van der Waals surface area contributed by atoms with Gasteiger partial charge in [0.1, 0.15) is 0 Å². The smallest absolute Gasteiger partial charge is 0.0244 e. The molecule has 17 heavy (non-hydrogen) atoms. The molecule has 3 unspecified atom stereocenters. The second-order valence-corrected chi connectivity index (χ2v) is 5.83. The van der Waals surface area contributed by atoms with Gasteiger partial charge in [-0.25, -0.2) is 0 Å². The van der Waals surface area contributed by atoms with Crippen molar-refractivity contribution in [2.75, 3.05) is 19.6 Å². The van der Waals surface area contributed by atoms with E-state index in [4.69, 9.17) is 5.73 Å². The van der Waals surface area contributed by atoms with Gasteiger partial charge in [0, 0.05) is 19.1 Å². The van der Waals surface area contributed by atoms with Crippen molar-refractivity contribution in [2.24, 2.45) is 17.6 Å². The van der Waals surface area contributed by atoms with E-state index in [9.17, 15) is 0 Å². The molecule has 0 aromatic rings. The van der Waals surface area contributed by atoms with Crippen LogP contribution >= 0.6 is 0 Å². The van der Waals surface area contributed by atoms with E-state index in [1.165, 1.54) is 51.6 Å². The van der Waals surface area contributed by atoms with E-state index in [1.54, 1.807) is 0 Å². The number of rotatable bonds is 7. The summed E-state index contributed by atoms with van der Waals surface area (Å²) in [5, 5.41) is 0. The molecule has 1 aliphatic heterocycles. The maximum Gasteiger partial charge on any atom is 0.0244 e. The topological polar surface area (TPSA) is 29.3 Å². The fourth-order valence-electron chi connectivity index (χ4n) is 3.19. The Morgan fingerprint density at radius 3 is 2.71 bits per heavy atom. The average Bonchev–Trinajstić information content (AvgIpc) is 2.34. The van der Waals surface area contributed by atoms with Gasteiger partial charge in [-0.1, -0.05) is 40.0 Å². The monoisotopic (exact) mass is 240 g/mol. The quantitative estimate of drug-likeness (QED) is 0.740. The Morgan fingerprint density at radius 1 is 1.35 bits per heavy atom. The normalized spacial score (nSPS) is 28.2. The predicted octanol–water partition coefficient (Wildman–Crippen LogP) is 3.26. The predicted molar refractivity (Wildman–Crippen MR) is 76.1 cm³/mol. The third-order valence-electron chi connectivity index (χ3n) is 4.51. The summed E-state index contributed by atoms with van der Waals surface area (Å²) in [5.41, 5.74) is 5.96. The summed E-state index contributed by atoms with van der Waals surface area (Å²) in [6.45, 7) is 10.4. The van der Waals surface area contributed by atoms with Crippen LogP contribution in [0.25, 0.3) is 0 Å². The molecule has 0 radical (unpaired) electrons. The lowest BCUT2D eigenvalue weighted by molar-refractivity contribution is 0.0855. The third kappa shape index (κ3) is 4.59. The van der Waals surface area contributed by atoms with Crippen molar-refractivity contribution in [1.29, 1.82) is 0 Å². The van der Waals surface area contributed by atoms with Gasteiger partial charge in [0.05, 0.1) is 0 Å². The summed E-state index contributed by atoms with van der Waals surface area (Å²) >= 11 is 0. The molecule has 2 N–H and O–H groups in total. The van der Waals surface area contributed by atoms with Crippen molar-refractivity contribution >= 4 is 0 Å². The molecule has 0 bridgehead atoms. The standard InChI is InChI=1S/C15H32N2/c1-4-6-9-14(5-2)12-17-10-7-8-13(3)15(17)11-16/h13-15H,4-12,16H2,1-3H3. The van der Waals surface area contributed by atoms with Gasteiger partial charge in [-0.05, 0) is 37.6 Å². The van der Waals surface area contributed by atoms with Crippen LogP contribution < -0.4 is 5.73 Å². The molecular formula is C15H32N2. The van der Waals surface area contributed by atoms with Gasteiger partial charge in [0.15, 0.2) is 0 Å². The van der Waals surface area contributed by atoms with Crippen LogP contribution in [0.1, 0.15) is 59.3 Å². The highest BCUT2D eigenvalue weighted by Gasteiger charge is 2.28. The van der Waals surface area contributed by atoms with Crippen LogP contribution in [0.5, 0.6) is 0 Å². The van der Waals surface area contributed by atoms with Crippen LogP contribution in [0.15, 0.2) is 0 Å². The first kappa shape index (κ1) is 15.0. The van der Waals surface area contributed by atoms with E-state index in [2.05, 4.69) is 25.7 Å². The molecule has 1 heterocycles. The van der Waals surface area contributed by atoms with Gasteiger partial charge in [-0.2, -0.15) is 0 Å². The number of hydrogen-bond donors (Lipinski definition) is 1. The number of likely N-dealkylation sites (tertiary alicyclic amines) is 1. The summed E-state index contributed by atoms with van der Waals surface area (Å²) in [4.78, 5) is 2.68. The highest BCUT2D eigenvalue weighted by atomic mass is 15.2. The van der Waals surface area contributed by atoms with Crippen LogP contribution in [-0.2, 0) is 0 Å². The molecule has 0 aliphatic carbocycles. The van der Waals surface area contributed by atoms with E-state index in [-0.39, 0.29) is 0 Å². The van der Waals surface area contributed by atoms with Gasteiger partial charge in [0.25, 0.3) is 0 Å². The van der Waals surface area contributed by atoms with Gasteiger partial charge in [-0.3, -0.25) is 4.90 Å². The SMILES string of the molecule is CCCCC(CC)CN1CCCC(C)C1CN. The minimum Gasteiger partial charge on any atom is -0.329 e. The molecule has 0 amide bonds. The van der Waals surface area contributed by atoms with Crippen molar-refractivity contribution in [3.8, 4) is 0 Å². The van der Waals surface area contributed by atoms with Crippen LogP contribution in [0.4, 0.5) is 0 Å². The fourth-order valence-corrected chi connectivity index (χ4v) is 3.19. The van der Waals surface area contributed by atoms with Gasteiger partial charge < -0.3 is 5.73 Å². The summed E-state index contributed by atoms with van der Waals surface area (Å²) in [6, 6.07) is 0.638. The summed E-state index contributed by atoms with van der Waals surface area (Å²) in [6.07, 6.45) is 8.16. The number of piperidine rings is 1. The Morgan fingerprint density at radius 2 is 2.12 bits per heavy atom. The van der Waals surface area contributed by atoms with E-state index < -0.39 is 0 Å². The first-order valence-electron chi connectivity index (χ1n) is 7.67. The molecule has 1 saturated heterocycles. The lowest BCUT2D eigenvalue weighted by atomic mass is 9.89. The zero-order valence-corrected chi connectivity index (χ0v) is 12.1. The number of nitrogens with two attached hydrogens (primary N) is 1. The Kier molecular flexibility index (Phi) is 7.14. The van der Waals surface area contributed by atoms with Gasteiger partial charge in [-0.15, -0.1) is 0 Å². The lowest BCUT2D eigenvalue weighted by Crippen LogP contribution is -2.50. The number of unbranched alkanes of at least 4 members (excludes halogenated alkanes) is 1. The van der Waals surface area contributed by atoms with Crippen molar-refractivity contribution in [1.82, 2.24) is 4.90 Å². The highest BCUT2D eigenvalue weighted by molar-refractivity contribution is 4.83. The molecule has 1 fully saturated rings. The molecule has 2 nitrogen and oxygen atoms in total. The van der Waals surface area contributed by atoms with E-state index >= 15 is 0 Å². The first-order valence-corrected chi connectivity index (χ1v) is 7.67. The molecule has 0 saturated carbocycles. The third-order valence-corrected chi connectivity index (χ3v) is 4.51. The van der Waals surface area contributed by atoms with Crippen molar-refractivity contribution in [3.05, 3.63) is 0 Å². The molecular weight excluding hydrogens is 208 g/mol. The minimum absolute atomic E-state index is 0.638. The van der Waals surface area contributed by atoms with Crippen LogP contribution in [0.3, 0.4) is 0 Å². The van der Waals surface area contributed by atoms with Crippen molar-refractivity contribution in [3.63, 3.8) is 0 Å². The number of hydrogen-bond acceptors (Lipinski definition) is 2. The largest absolute Gasteiger partial charge is 0.329 e. The first-order chi connectivity index (χ1) is 8.22. The van der Waals surface area contributed by atoms with Crippen molar-refractivity contribution in [2.45, 2.75) is 65.3 Å². The summed E-state index contributed by atoms with van der Waals surface area (Å²) < 4.78 is 0. The zero-order valence-electron chi connectivity index (χ0n) is 12.1. The Labute approximate surface area is 108 Å². The zero-order chi connectivity index (χ0) is 12.7. The molecule has 0 aromatic heterocycles. The van der Waals surface area contributed by atoms with Crippen molar-refractivity contribution < 1.29 is 0 Å². The molecule has 0 spiro atoms. The average molecular weight is 240 g/mol. The molecule has 102 valence electrons. The van der Waals surface area contributed by atoms with Crippen LogP contribution in [0.2, 0.25) is 0 Å². The molecule has 1 rings (SSSR count). The lowest BCUT2D eigenvalue weighted by Gasteiger charge is -2.41. The van der Waals surface area contributed by atoms with Gasteiger partial charge >= 0.3 is 0 Å². The Bertz CT molecular complexity index is 193. The Balaban J connectivity index is 2.45. The summed E-state index contributed by atoms with van der Waals surface area (Å²) in [7, 11) is 0. The van der Waals surface area contributed by atoms with Crippen LogP contribution in [0, 0.1) is 11.8 Å². The van der Waals surface area contributed by atoms with Gasteiger partial charge in [0.2, 0.25) is 0 Å². The molecule has 1 aliphatic rings. The molecule has 0 aromatic carbocycles. The van der Waals surface area contributed by atoms with Crippen LogP contribution in [-0.4, -0.2) is 30.6 Å². The fraction of sp³-hybridized carbons (Fsp3) is 1.00. The van der Waals surface area contributed by atoms with E-state index in [1.807, 2.05) is 0 Å². The maximum atomic E-state index is 5.96. The molecule has 3 atom stereocenters. The minimum atomic E-state index is 0.638. The second kappa shape index (κ2) is 8.10. The van der Waals surface area contributed by atoms with E-state index in [0.29, 0.717) is 6.04 Å². The summed E-state index contributed by atoms with van der Waals surface area (Å²) in [5.74, 6) is 1.67. The number of nitrogens with zero attached hydrogens (tertiary/aromatic N) is 1. The Hall–Kier alpha value is -0.0800. The second-order valence-electron chi connectivity index (χ2n) is 5.83. The highest BCUT2D eigenvalue weighted by Crippen LogP contribution is 2.25.